The van der Waals surface area contributed by atoms with Crippen LogP contribution in [-0.4, -0.2) is 43.3 Å². The molecule has 104 valence electrons. The number of likely N-dealkylation sites (tertiary alicyclic amines) is 1. The highest BCUT2D eigenvalue weighted by atomic mass is 35.5. The lowest BCUT2D eigenvalue weighted by Gasteiger charge is -2.44. The van der Waals surface area contributed by atoms with E-state index < -0.39 is 6.39 Å². The van der Waals surface area contributed by atoms with Crippen molar-refractivity contribution in [3.63, 3.8) is 0 Å². The molecular weight excluding hydrogens is 253 g/mol. The Morgan fingerprint density at radius 1 is 1.18 bits per heavy atom. The van der Waals surface area contributed by atoms with Gasteiger partial charge in [0.1, 0.15) is 0 Å². The average molecular weight is 276 g/mol. The first-order chi connectivity index (χ1) is 7.52. The van der Waals surface area contributed by atoms with Crippen LogP contribution in [0.4, 0.5) is 12.9 Å². The van der Waals surface area contributed by atoms with Crippen molar-refractivity contribution >= 4 is 17.9 Å². The molecule has 1 saturated heterocycles. The third-order valence-corrected chi connectivity index (χ3v) is 3.22. The minimum atomic E-state index is -5.03. The third kappa shape index (κ3) is 6.53. The molecule has 0 aromatic carbocycles. The summed E-state index contributed by atoms with van der Waals surface area (Å²) in [6.45, 7) is 10.4. The van der Waals surface area contributed by atoms with E-state index in [4.69, 9.17) is 4.74 Å². The summed E-state index contributed by atoms with van der Waals surface area (Å²) in [6.07, 6.45) is -2.30. The zero-order chi connectivity index (χ0) is 13.7. The SMILES string of the molecule is COC[N+]1(C(C)(C)C)CCCC1.F[B-](F)(F)Cl. The van der Waals surface area contributed by atoms with Crippen LogP contribution in [0.2, 0.25) is 0 Å². The van der Waals surface area contributed by atoms with Gasteiger partial charge in [-0.05, 0) is 20.8 Å². The quantitative estimate of drug-likeness (QED) is 0.553. The molecule has 17 heavy (non-hydrogen) atoms. The fourth-order valence-electron chi connectivity index (χ4n) is 2.18. The minimum absolute atomic E-state index is 0.340. The lowest BCUT2D eigenvalue weighted by Crippen LogP contribution is -2.59. The topological polar surface area (TPSA) is 9.23 Å². The number of rotatable bonds is 2. The van der Waals surface area contributed by atoms with Gasteiger partial charge in [0.15, 0.2) is 6.73 Å². The number of halogens is 4. The van der Waals surface area contributed by atoms with E-state index in [0.29, 0.717) is 5.54 Å². The molecule has 0 radical (unpaired) electrons. The third-order valence-electron chi connectivity index (χ3n) is 3.22. The molecule has 0 aromatic rings. The van der Waals surface area contributed by atoms with Crippen molar-refractivity contribution in [3.8, 4) is 0 Å². The van der Waals surface area contributed by atoms with E-state index in [2.05, 4.69) is 32.2 Å². The van der Waals surface area contributed by atoms with Gasteiger partial charge in [-0.3, -0.25) is 15.9 Å². The molecule has 1 aliphatic heterocycles. The molecule has 0 aromatic heterocycles. The Bertz CT molecular complexity index is 219. The van der Waals surface area contributed by atoms with Crippen LogP contribution < -0.4 is 0 Å². The molecule has 0 N–H and O–H groups in total. The summed E-state index contributed by atoms with van der Waals surface area (Å²) in [5.41, 5.74) is 0.340. The summed E-state index contributed by atoms with van der Waals surface area (Å²) in [5.74, 6) is 0. The van der Waals surface area contributed by atoms with Gasteiger partial charge >= 0.3 is 6.39 Å². The number of quaternary nitrogens is 1. The highest BCUT2D eigenvalue weighted by Crippen LogP contribution is 2.30. The van der Waals surface area contributed by atoms with Gasteiger partial charge in [-0.15, -0.1) is 0 Å². The van der Waals surface area contributed by atoms with Crippen LogP contribution in [-0.2, 0) is 4.74 Å². The van der Waals surface area contributed by atoms with Gasteiger partial charge in [0.2, 0.25) is 0 Å². The Hall–Kier alpha value is 0.0649. The number of nitrogens with zero attached hydrogens (tertiary/aromatic N) is 1. The maximum atomic E-state index is 10.2. The standard InChI is InChI=1S/C10H22NO.BClF3/c1-10(2,3)11(9-12-4)7-5-6-8-11;2-1(3,4)5/h5-9H2,1-4H3;/q+1;-1. The highest BCUT2D eigenvalue weighted by Gasteiger charge is 2.42. The van der Waals surface area contributed by atoms with Crippen LogP contribution in [0.5, 0.6) is 0 Å². The smallest absolute Gasteiger partial charge is 0.435 e. The predicted octanol–water partition coefficient (Wildman–Crippen LogP) is 3.57. The van der Waals surface area contributed by atoms with Crippen LogP contribution in [0.25, 0.3) is 0 Å². The molecular formula is C10H22BClF3NO. The molecule has 7 heteroatoms. The van der Waals surface area contributed by atoms with Crippen molar-refractivity contribution in [3.05, 3.63) is 0 Å². The summed E-state index contributed by atoms with van der Waals surface area (Å²) in [7, 11) is 1.81. The number of hydrogen-bond acceptors (Lipinski definition) is 1. The Balaban J connectivity index is 0.000000437. The summed E-state index contributed by atoms with van der Waals surface area (Å²) in [4.78, 5) is 0. The first-order valence-electron chi connectivity index (χ1n) is 5.74. The van der Waals surface area contributed by atoms with Crippen molar-refractivity contribution in [2.75, 3.05) is 26.9 Å². The summed E-state index contributed by atoms with van der Waals surface area (Å²) >= 11 is 3.59. The number of methoxy groups -OCH3 is 1. The maximum Gasteiger partial charge on any atom is 0.576 e. The zero-order valence-electron chi connectivity index (χ0n) is 11.0. The number of hydrogen-bond donors (Lipinski definition) is 0. The molecule has 0 atom stereocenters. The molecule has 0 aliphatic carbocycles. The molecule has 0 unspecified atom stereocenters. The van der Waals surface area contributed by atoms with Crippen molar-refractivity contribution in [2.24, 2.45) is 0 Å². The molecule has 0 spiro atoms. The van der Waals surface area contributed by atoms with Gasteiger partial charge in [-0.1, -0.05) is 0 Å². The molecule has 0 amide bonds. The highest BCUT2D eigenvalue weighted by molar-refractivity contribution is 7.08. The van der Waals surface area contributed by atoms with Crippen LogP contribution in [0.3, 0.4) is 0 Å². The Labute approximate surface area is 107 Å². The van der Waals surface area contributed by atoms with E-state index in [1.54, 1.807) is 0 Å². The van der Waals surface area contributed by atoms with Gasteiger partial charge < -0.3 is 17.7 Å². The zero-order valence-corrected chi connectivity index (χ0v) is 11.7. The van der Waals surface area contributed by atoms with E-state index in [0.717, 1.165) is 11.2 Å². The van der Waals surface area contributed by atoms with Crippen LogP contribution in [0, 0.1) is 0 Å². The first-order valence-corrected chi connectivity index (χ1v) is 6.18. The van der Waals surface area contributed by atoms with Gasteiger partial charge in [0.25, 0.3) is 0 Å². The molecule has 1 rings (SSSR count). The first kappa shape index (κ1) is 17.1. The predicted molar refractivity (Wildman–Crippen MR) is 65.8 cm³/mol. The summed E-state index contributed by atoms with van der Waals surface area (Å²) in [5, 5.41) is 0. The number of ether oxygens (including phenoxy) is 1. The monoisotopic (exact) mass is 275 g/mol. The van der Waals surface area contributed by atoms with Crippen molar-refractivity contribution in [1.82, 2.24) is 0 Å². The second-order valence-corrected chi connectivity index (χ2v) is 5.88. The van der Waals surface area contributed by atoms with Gasteiger partial charge in [-0.25, -0.2) is 0 Å². The van der Waals surface area contributed by atoms with Gasteiger partial charge in [0.05, 0.1) is 18.6 Å². The lowest BCUT2D eigenvalue weighted by molar-refractivity contribution is -0.976. The van der Waals surface area contributed by atoms with E-state index in [1.165, 1.54) is 25.9 Å². The lowest BCUT2D eigenvalue weighted by atomic mass is 10.0. The molecule has 2 nitrogen and oxygen atoms in total. The fourth-order valence-corrected chi connectivity index (χ4v) is 2.18. The summed E-state index contributed by atoms with van der Waals surface area (Å²) in [6, 6.07) is 0. The summed E-state index contributed by atoms with van der Waals surface area (Å²) < 4.78 is 37.0. The molecule has 1 heterocycles. The van der Waals surface area contributed by atoms with E-state index >= 15 is 0 Å². The second-order valence-electron chi connectivity index (χ2n) is 5.38. The Kier molecular flexibility index (Phi) is 6.32. The Morgan fingerprint density at radius 2 is 1.53 bits per heavy atom. The molecule has 0 saturated carbocycles. The van der Waals surface area contributed by atoms with Gasteiger partial charge in [-0.2, -0.15) is 0 Å². The average Bonchev–Trinajstić information content (AvgIpc) is 2.49. The van der Waals surface area contributed by atoms with E-state index in [1.807, 2.05) is 7.11 Å². The molecule has 0 bridgehead atoms. The van der Waals surface area contributed by atoms with Crippen LogP contribution in [0.1, 0.15) is 33.6 Å². The second kappa shape index (κ2) is 6.30. The van der Waals surface area contributed by atoms with Crippen molar-refractivity contribution in [2.45, 2.75) is 39.2 Å². The van der Waals surface area contributed by atoms with E-state index in [-0.39, 0.29) is 0 Å². The largest absolute Gasteiger partial charge is 0.576 e. The van der Waals surface area contributed by atoms with Crippen molar-refractivity contribution in [1.29, 1.82) is 0 Å². The van der Waals surface area contributed by atoms with Gasteiger partial charge in [0, 0.05) is 20.0 Å². The molecule has 1 aliphatic rings. The van der Waals surface area contributed by atoms with Crippen molar-refractivity contribution < 1.29 is 22.2 Å². The van der Waals surface area contributed by atoms with E-state index in [9.17, 15) is 12.9 Å². The Morgan fingerprint density at radius 3 is 1.76 bits per heavy atom. The molecule has 1 fully saturated rings. The van der Waals surface area contributed by atoms with Crippen LogP contribution >= 0.6 is 11.5 Å². The van der Waals surface area contributed by atoms with Crippen LogP contribution in [0.15, 0.2) is 0 Å². The maximum absolute atomic E-state index is 10.2. The minimum Gasteiger partial charge on any atom is -0.435 e. The normalized spacial score (nSPS) is 19.8. The fraction of sp³-hybridized carbons (Fsp3) is 1.00.